The molecule has 13 heavy (non-hydrogen) atoms. The Hall–Kier alpha value is -0.0431. The molecule has 0 amide bonds. The molecular formula is C12H22Si. The Morgan fingerprint density at radius 1 is 0.923 bits per heavy atom. The summed E-state index contributed by atoms with van der Waals surface area (Å²) in [7, 11) is -0.942. The van der Waals surface area contributed by atoms with Crippen molar-refractivity contribution in [3.63, 3.8) is 0 Å². The summed E-state index contributed by atoms with van der Waals surface area (Å²) in [5.41, 5.74) is 3.57. The van der Waals surface area contributed by atoms with Crippen LogP contribution < -0.4 is 0 Å². The van der Waals surface area contributed by atoms with E-state index in [1.54, 1.807) is 12.1 Å². The van der Waals surface area contributed by atoms with Crippen molar-refractivity contribution < 1.29 is 0 Å². The maximum atomic E-state index is 4.15. The zero-order chi connectivity index (χ0) is 9.15. The lowest BCUT2D eigenvalue weighted by atomic mass is 10.0. The van der Waals surface area contributed by atoms with Crippen LogP contribution in [-0.4, -0.2) is 8.07 Å². The molecule has 0 bridgehead atoms. The molecule has 0 aromatic rings. The summed E-state index contributed by atoms with van der Waals surface area (Å²) in [5, 5.41) is 0. The molecule has 1 aliphatic carbocycles. The molecule has 0 aromatic heterocycles. The van der Waals surface area contributed by atoms with Gasteiger partial charge in [0.1, 0.15) is 0 Å². The van der Waals surface area contributed by atoms with Crippen molar-refractivity contribution in [1.29, 1.82) is 0 Å². The highest BCUT2D eigenvalue weighted by atomic mass is 28.3. The molecule has 2 fully saturated rings. The van der Waals surface area contributed by atoms with Crippen LogP contribution in [0.2, 0.25) is 17.6 Å². The van der Waals surface area contributed by atoms with Gasteiger partial charge in [-0.05, 0) is 5.54 Å². The summed E-state index contributed by atoms with van der Waals surface area (Å²) in [6.07, 6.45) is 10.6. The van der Waals surface area contributed by atoms with E-state index in [-0.39, 0.29) is 0 Å². The van der Waals surface area contributed by atoms with Gasteiger partial charge in [-0.15, -0.1) is 12.3 Å². The van der Waals surface area contributed by atoms with Gasteiger partial charge in [0.05, 0.1) is 8.07 Å². The lowest BCUT2D eigenvalue weighted by Crippen LogP contribution is -2.35. The minimum atomic E-state index is -0.942. The molecule has 1 saturated heterocycles. The van der Waals surface area contributed by atoms with Crippen LogP contribution in [0.4, 0.5) is 0 Å². The summed E-state index contributed by atoms with van der Waals surface area (Å²) in [6.45, 7) is 4.15. The van der Waals surface area contributed by atoms with E-state index in [1.165, 1.54) is 44.9 Å². The average molecular weight is 194 g/mol. The van der Waals surface area contributed by atoms with Crippen LogP contribution in [0.15, 0.2) is 12.3 Å². The first-order chi connectivity index (χ1) is 6.37. The van der Waals surface area contributed by atoms with Crippen molar-refractivity contribution in [2.45, 2.75) is 62.6 Å². The monoisotopic (exact) mass is 194 g/mol. The molecular weight excluding hydrogens is 172 g/mol. The van der Waals surface area contributed by atoms with Gasteiger partial charge in [-0.25, -0.2) is 0 Å². The minimum Gasteiger partial charge on any atom is -0.107 e. The fourth-order valence-electron chi connectivity index (χ4n) is 3.49. The molecule has 2 rings (SSSR count). The molecule has 1 aliphatic heterocycles. The Labute approximate surface area is 83.4 Å². The molecule has 0 unspecified atom stereocenters. The van der Waals surface area contributed by atoms with E-state index in [9.17, 15) is 0 Å². The van der Waals surface area contributed by atoms with Crippen molar-refractivity contribution in [1.82, 2.24) is 0 Å². The van der Waals surface area contributed by atoms with Gasteiger partial charge < -0.3 is 0 Å². The third-order valence-corrected chi connectivity index (χ3v) is 9.94. The number of hydrogen-bond donors (Lipinski definition) is 0. The molecule has 1 saturated carbocycles. The first-order valence-electron chi connectivity index (χ1n) is 6.01. The molecule has 0 nitrogen and oxygen atoms in total. The van der Waals surface area contributed by atoms with Gasteiger partial charge in [0.2, 0.25) is 0 Å². The highest BCUT2D eigenvalue weighted by Gasteiger charge is 2.40. The van der Waals surface area contributed by atoms with E-state index in [0.29, 0.717) is 0 Å². The van der Waals surface area contributed by atoms with Gasteiger partial charge >= 0.3 is 0 Å². The Kier molecular flexibility index (Phi) is 2.92. The second-order valence-corrected chi connectivity index (χ2v) is 9.67. The predicted molar refractivity (Wildman–Crippen MR) is 61.6 cm³/mol. The Balaban J connectivity index is 2.05. The lowest BCUT2D eigenvalue weighted by molar-refractivity contribution is 0.492. The SMILES string of the molecule is C=C[Si]1(C2CCCCC2)CCCC1. The number of hydrogen-bond acceptors (Lipinski definition) is 0. The van der Waals surface area contributed by atoms with Gasteiger partial charge in [-0.1, -0.05) is 57.0 Å². The maximum Gasteiger partial charge on any atom is 0.0801 e. The van der Waals surface area contributed by atoms with E-state index in [4.69, 9.17) is 0 Å². The van der Waals surface area contributed by atoms with Gasteiger partial charge in [0.25, 0.3) is 0 Å². The fraction of sp³-hybridized carbons (Fsp3) is 0.833. The molecule has 1 heterocycles. The molecule has 0 radical (unpaired) electrons. The van der Waals surface area contributed by atoms with Crippen molar-refractivity contribution >= 4 is 8.07 Å². The van der Waals surface area contributed by atoms with Crippen LogP contribution in [0.3, 0.4) is 0 Å². The standard InChI is InChI=1S/C12H22Si/c1-2-13(10-6-7-11-13)12-8-4-3-5-9-12/h2,12H,1,3-11H2. The quantitative estimate of drug-likeness (QED) is 0.575. The van der Waals surface area contributed by atoms with Crippen LogP contribution in [0.1, 0.15) is 44.9 Å². The van der Waals surface area contributed by atoms with E-state index in [2.05, 4.69) is 12.3 Å². The topological polar surface area (TPSA) is 0 Å². The summed E-state index contributed by atoms with van der Waals surface area (Å²) < 4.78 is 0. The zero-order valence-electron chi connectivity index (χ0n) is 8.73. The Bertz CT molecular complexity index is 174. The molecule has 74 valence electrons. The third kappa shape index (κ3) is 1.76. The molecule has 0 aromatic carbocycles. The van der Waals surface area contributed by atoms with Gasteiger partial charge in [-0.2, -0.15) is 0 Å². The van der Waals surface area contributed by atoms with E-state index < -0.39 is 8.07 Å². The van der Waals surface area contributed by atoms with Crippen molar-refractivity contribution in [2.75, 3.05) is 0 Å². The van der Waals surface area contributed by atoms with Crippen LogP contribution in [0.25, 0.3) is 0 Å². The van der Waals surface area contributed by atoms with Gasteiger partial charge in [0, 0.05) is 0 Å². The number of rotatable bonds is 2. The molecule has 1 heteroatoms. The van der Waals surface area contributed by atoms with Crippen LogP contribution in [-0.2, 0) is 0 Å². The van der Waals surface area contributed by atoms with Crippen LogP contribution in [0, 0.1) is 0 Å². The van der Waals surface area contributed by atoms with Crippen LogP contribution in [0.5, 0.6) is 0 Å². The summed E-state index contributed by atoms with van der Waals surface area (Å²) >= 11 is 0. The van der Waals surface area contributed by atoms with E-state index in [0.717, 1.165) is 5.54 Å². The first kappa shape index (κ1) is 9.51. The normalized spacial score (nSPS) is 28.9. The molecule has 0 N–H and O–H groups in total. The first-order valence-corrected chi connectivity index (χ1v) is 8.58. The highest BCUT2D eigenvalue weighted by Crippen LogP contribution is 2.46. The molecule has 0 atom stereocenters. The molecule has 2 aliphatic rings. The van der Waals surface area contributed by atoms with Crippen molar-refractivity contribution in [2.24, 2.45) is 0 Å². The van der Waals surface area contributed by atoms with E-state index in [1.807, 2.05) is 0 Å². The zero-order valence-corrected chi connectivity index (χ0v) is 9.73. The average Bonchev–Trinajstić information content (AvgIpc) is 2.69. The second-order valence-electron chi connectivity index (χ2n) is 4.98. The minimum absolute atomic E-state index is 0.942. The highest BCUT2D eigenvalue weighted by molar-refractivity contribution is 6.86. The Morgan fingerprint density at radius 3 is 2.08 bits per heavy atom. The second kappa shape index (κ2) is 3.99. The smallest absolute Gasteiger partial charge is 0.0801 e. The predicted octanol–water partition coefficient (Wildman–Crippen LogP) is 4.29. The summed E-state index contributed by atoms with van der Waals surface area (Å²) in [5.74, 6) is 0. The van der Waals surface area contributed by atoms with Crippen molar-refractivity contribution in [3.05, 3.63) is 12.3 Å². The Morgan fingerprint density at radius 2 is 1.54 bits per heavy atom. The third-order valence-electron chi connectivity index (χ3n) is 4.36. The van der Waals surface area contributed by atoms with Gasteiger partial charge in [0.15, 0.2) is 0 Å². The maximum absolute atomic E-state index is 4.15. The lowest BCUT2D eigenvalue weighted by Gasteiger charge is -2.35. The van der Waals surface area contributed by atoms with Gasteiger partial charge in [-0.3, -0.25) is 0 Å². The summed E-state index contributed by atoms with van der Waals surface area (Å²) in [6, 6.07) is 3.14. The van der Waals surface area contributed by atoms with E-state index >= 15 is 0 Å². The largest absolute Gasteiger partial charge is 0.107 e. The van der Waals surface area contributed by atoms with Crippen LogP contribution >= 0.6 is 0 Å². The van der Waals surface area contributed by atoms with Crippen molar-refractivity contribution in [3.8, 4) is 0 Å². The molecule has 0 spiro atoms. The fourth-order valence-corrected chi connectivity index (χ4v) is 8.67. The summed E-state index contributed by atoms with van der Waals surface area (Å²) in [4.78, 5) is 0.